The maximum Gasteiger partial charge on any atom is 0.0931 e. The molecule has 0 rings (SSSR count). The molecule has 0 fully saturated rings. The molecular formula is C9H13NO. The fourth-order valence-corrected chi connectivity index (χ4v) is 0.749. The zero-order chi connectivity index (χ0) is 8.69. The molecule has 0 saturated heterocycles. The van der Waals surface area contributed by atoms with E-state index < -0.39 is 0 Å². The van der Waals surface area contributed by atoms with Crippen molar-refractivity contribution >= 4 is 0 Å². The first-order valence-corrected chi connectivity index (χ1v) is 3.51. The molecule has 2 heteroatoms. The second-order valence-electron chi connectivity index (χ2n) is 2.34. The minimum atomic E-state index is -0.181. The quantitative estimate of drug-likeness (QED) is 0.439. The molecule has 0 aliphatic rings. The lowest BCUT2D eigenvalue weighted by Crippen LogP contribution is -1.96. The second-order valence-corrected chi connectivity index (χ2v) is 2.34. The SMILES string of the molecule is C=C/C=C(\C=C)CC(C)N=O. The Bertz CT molecular complexity index is 182. The zero-order valence-electron chi connectivity index (χ0n) is 6.79. The highest BCUT2D eigenvalue weighted by molar-refractivity contribution is 5.21. The van der Waals surface area contributed by atoms with Crippen LogP contribution in [-0.4, -0.2) is 6.04 Å². The summed E-state index contributed by atoms with van der Waals surface area (Å²) < 4.78 is 0. The van der Waals surface area contributed by atoms with Crippen LogP contribution >= 0.6 is 0 Å². The Labute approximate surface area is 67.3 Å². The van der Waals surface area contributed by atoms with Gasteiger partial charge in [-0.15, -0.1) is 0 Å². The van der Waals surface area contributed by atoms with Crippen molar-refractivity contribution in [2.75, 3.05) is 0 Å². The zero-order valence-corrected chi connectivity index (χ0v) is 6.79. The third kappa shape index (κ3) is 4.25. The number of nitrogens with zero attached hydrogens (tertiary/aromatic N) is 1. The minimum absolute atomic E-state index is 0.181. The third-order valence-electron chi connectivity index (χ3n) is 1.31. The Balaban J connectivity index is 4.07. The second kappa shape index (κ2) is 5.59. The van der Waals surface area contributed by atoms with Crippen molar-refractivity contribution in [1.82, 2.24) is 0 Å². The predicted molar refractivity (Wildman–Crippen MR) is 48.4 cm³/mol. The van der Waals surface area contributed by atoms with Gasteiger partial charge >= 0.3 is 0 Å². The van der Waals surface area contributed by atoms with Crippen LogP contribution in [0.5, 0.6) is 0 Å². The van der Waals surface area contributed by atoms with Crippen LogP contribution in [0.25, 0.3) is 0 Å². The van der Waals surface area contributed by atoms with Crippen LogP contribution in [0.1, 0.15) is 13.3 Å². The van der Waals surface area contributed by atoms with E-state index in [9.17, 15) is 4.91 Å². The molecule has 0 aliphatic carbocycles. The fraction of sp³-hybridized carbons (Fsp3) is 0.333. The summed E-state index contributed by atoms with van der Waals surface area (Å²) in [7, 11) is 0. The van der Waals surface area contributed by atoms with Crippen molar-refractivity contribution < 1.29 is 0 Å². The summed E-state index contributed by atoms with van der Waals surface area (Å²) >= 11 is 0. The molecule has 0 spiro atoms. The monoisotopic (exact) mass is 151 g/mol. The van der Waals surface area contributed by atoms with Crippen LogP contribution in [0.3, 0.4) is 0 Å². The Hall–Kier alpha value is -1.18. The summed E-state index contributed by atoms with van der Waals surface area (Å²) in [6.07, 6.45) is 5.85. The summed E-state index contributed by atoms with van der Waals surface area (Å²) in [5.74, 6) is 0. The Kier molecular flexibility index (Phi) is 4.99. The molecule has 0 aromatic heterocycles. The number of allylic oxidation sites excluding steroid dienone is 3. The normalized spacial score (nSPS) is 13.7. The van der Waals surface area contributed by atoms with Gasteiger partial charge < -0.3 is 0 Å². The summed E-state index contributed by atoms with van der Waals surface area (Å²) in [5.41, 5.74) is 0.993. The Morgan fingerprint density at radius 1 is 1.64 bits per heavy atom. The van der Waals surface area contributed by atoms with Crippen LogP contribution in [0.4, 0.5) is 0 Å². The Morgan fingerprint density at radius 3 is 2.64 bits per heavy atom. The van der Waals surface area contributed by atoms with E-state index in [4.69, 9.17) is 0 Å². The van der Waals surface area contributed by atoms with Crippen molar-refractivity contribution in [2.45, 2.75) is 19.4 Å². The fourth-order valence-electron chi connectivity index (χ4n) is 0.749. The maximum atomic E-state index is 10.0. The van der Waals surface area contributed by atoms with Gasteiger partial charge in [0.25, 0.3) is 0 Å². The average Bonchev–Trinajstić information content (AvgIpc) is 2.03. The lowest BCUT2D eigenvalue weighted by atomic mass is 10.1. The molecule has 1 unspecified atom stereocenters. The summed E-state index contributed by atoms with van der Waals surface area (Å²) in [6, 6.07) is -0.181. The van der Waals surface area contributed by atoms with Crippen LogP contribution in [0, 0.1) is 4.91 Å². The largest absolute Gasteiger partial charge is 0.151 e. The highest BCUT2D eigenvalue weighted by atomic mass is 16.3. The first-order valence-electron chi connectivity index (χ1n) is 3.51. The van der Waals surface area contributed by atoms with E-state index in [1.165, 1.54) is 0 Å². The molecule has 0 radical (unpaired) electrons. The number of hydrogen-bond acceptors (Lipinski definition) is 2. The summed E-state index contributed by atoms with van der Waals surface area (Å²) in [6.45, 7) is 8.93. The van der Waals surface area contributed by atoms with E-state index in [0.717, 1.165) is 5.57 Å². The van der Waals surface area contributed by atoms with Gasteiger partial charge in [-0.05, 0) is 18.9 Å². The van der Waals surface area contributed by atoms with Crippen LogP contribution < -0.4 is 0 Å². The third-order valence-corrected chi connectivity index (χ3v) is 1.31. The molecule has 0 saturated carbocycles. The van der Waals surface area contributed by atoms with E-state index in [1.807, 2.05) is 6.08 Å². The van der Waals surface area contributed by atoms with E-state index >= 15 is 0 Å². The Morgan fingerprint density at radius 2 is 2.27 bits per heavy atom. The van der Waals surface area contributed by atoms with Crippen LogP contribution in [0.2, 0.25) is 0 Å². The maximum absolute atomic E-state index is 10.0. The molecule has 11 heavy (non-hydrogen) atoms. The van der Waals surface area contributed by atoms with Crippen LogP contribution in [-0.2, 0) is 0 Å². The van der Waals surface area contributed by atoms with Crippen molar-refractivity contribution in [3.05, 3.63) is 41.9 Å². The predicted octanol–water partition coefficient (Wildman–Crippen LogP) is 2.83. The molecule has 2 nitrogen and oxygen atoms in total. The van der Waals surface area contributed by atoms with Crippen LogP contribution in [0.15, 0.2) is 42.1 Å². The molecule has 0 aromatic rings. The van der Waals surface area contributed by atoms with Crippen molar-refractivity contribution in [1.29, 1.82) is 0 Å². The van der Waals surface area contributed by atoms with Crippen molar-refractivity contribution in [3.8, 4) is 0 Å². The minimum Gasteiger partial charge on any atom is -0.151 e. The lowest BCUT2D eigenvalue weighted by molar-refractivity contribution is 0.737. The van der Waals surface area contributed by atoms with E-state index in [2.05, 4.69) is 18.3 Å². The van der Waals surface area contributed by atoms with Crippen molar-refractivity contribution in [3.63, 3.8) is 0 Å². The molecule has 1 atom stereocenters. The molecule has 0 aliphatic heterocycles. The summed E-state index contributed by atoms with van der Waals surface area (Å²) in [4.78, 5) is 10.0. The van der Waals surface area contributed by atoms with Gasteiger partial charge in [-0.3, -0.25) is 0 Å². The molecule has 60 valence electrons. The highest BCUT2D eigenvalue weighted by Gasteiger charge is 2.00. The van der Waals surface area contributed by atoms with Gasteiger partial charge in [0, 0.05) is 0 Å². The molecule has 0 N–H and O–H groups in total. The van der Waals surface area contributed by atoms with Gasteiger partial charge in [0.05, 0.1) is 6.04 Å². The van der Waals surface area contributed by atoms with Gasteiger partial charge in [0.2, 0.25) is 0 Å². The topological polar surface area (TPSA) is 29.4 Å². The number of rotatable bonds is 5. The highest BCUT2D eigenvalue weighted by Crippen LogP contribution is 2.08. The van der Waals surface area contributed by atoms with E-state index in [0.29, 0.717) is 6.42 Å². The number of nitroso groups, excluding NO2 is 1. The summed E-state index contributed by atoms with van der Waals surface area (Å²) in [5, 5.41) is 2.89. The van der Waals surface area contributed by atoms with Gasteiger partial charge in [0.15, 0.2) is 0 Å². The van der Waals surface area contributed by atoms with E-state index in [1.54, 1.807) is 19.1 Å². The smallest absolute Gasteiger partial charge is 0.0931 e. The molecule has 0 aromatic carbocycles. The number of hydrogen-bond donors (Lipinski definition) is 0. The van der Waals surface area contributed by atoms with Crippen molar-refractivity contribution in [2.24, 2.45) is 5.18 Å². The van der Waals surface area contributed by atoms with Gasteiger partial charge in [0.1, 0.15) is 0 Å². The lowest BCUT2D eigenvalue weighted by Gasteiger charge is -2.01. The van der Waals surface area contributed by atoms with Gasteiger partial charge in [-0.1, -0.05) is 36.6 Å². The first kappa shape index (κ1) is 9.82. The molecule has 0 amide bonds. The standard InChI is InChI=1S/C9H13NO/c1-4-6-9(5-2)7-8(3)10-11/h4-6,8H,1-2,7H2,3H3/b9-6+. The van der Waals surface area contributed by atoms with Gasteiger partial charge in [-0.25, -0.2) is 0 Å². The molecule has 0 bridgehead atoms. The molecular weight excluding hydrogens is 138 g/mol. The van der Waals surface area contributed by atoms with E-state index in [-0.39, 0.29) is 6.04 Å². The van der Waals surface area contributed by atoms with Gasteiger partial charge in [-0.2, -0.15) is 4.91 Å². The molecule has 0 heterocycles. The average molecular weight is 151 g/mol. The first-order chi connectivity index (χ1) is 5.24.